The molecular weight excluding hydrogens is 402 g/mol. The lowest BCUT2D eigenvalue weighted by Crippen LogP contribution is -2.19. The van der Waals surface area contributed by atoms with Gasteiger partial charge in [0.15, 0.2) is 0 Å². The Labute approximate surface area is 189 Å². The molecule has 4 rings (SSSR count). The molecule has 32 heavy (non-hydrogen) atoms. The summed E-state index contributed by atoms with van der Waals surface area (Å²) < 4.78 is 11.9. The predicted octanol–water partition coefficient (Wildman–Crippen LogP) is 6.03. The molecule has 2 atom stereocenters. The first-order chi connectivity index (χ1) is 15.4. The summed E-state index contributed by atoms with van der Waals surface area (Å²) in [6, 6.07) is 12.3. The molecule has 1 aromatic heterocycles. The van der Waals surface area contributed by atoms with E-state index < -0.39 is 5.97 Å². The van der Waals surface area contributed by atoms with E-state index in [1.165, 1.54) is 16.7 Å². The van der Waals surface area contributed by atoms with Gasteiger partial charge in [-0.15, -0.1) is 0 Å². The van der Waals surface area contributed by atoms with Gasteiger partial charge in [-0.25, -0.2) is 4.98 Å². The number of carboxylic acid groups (broad SMARTS) is 1. The van der Waals surface area contributed by atoms with Crippen molar-refractivity contribution in [3.63, 3.8) is 0 Å². The number of fused-ring (bicyclic) bond motifs is 1. The first-order valence-corrected chi connectivity index (χ1v) is 11.4. The topological polar surface area (TPSA) is 72.6 Å². The number of oxazole rings is 1. The van der Waals surface area contributed by atoms with Gasteiger partial charge in [0.25, 0.3) is 0 Å². The number of aliphatic carboxylic acids is 1. The van der Waals surface area contributed by atoms with E-state index in [2.05, 4.69) is 32.0 Å². The van der Waals surface area contributed by atoms with Crippen molar-refractivity contribution in [3.05, 3.63) is 70.1 Å². The van der Waals surface area contributed by atoms with Crippen LogP contribution in [0.25, 0.3) is 11.5 Å². The normalized spacial score (nSPS) is 16.1. The van der Waals surface area contributed by atoms with Crippen molar-refractivity contribution in [2.24, 2.45) is 5.92 Å². The van der Waals surface area contributed by atoms with Crippen molar-refractivity contribution in [3.8, 4) is 17.2 Å². The molecule has 0 amide bonds. The van der Waals surface area contributed by atoms with Gasteiger partial charge in [-0.05, 0) is 92.5 Å². The average Bonchev–Trinajstić information content (AvgIpc) is 3.34. The zero-order valence-corrected chi connectivity index (χ0v) is 19.3. The molecule has 0 saturated carbocycles. The Bertz CT molecular complexity index is 1130. The summed E-state index contributed by atoms with van der Waals surface area (Å²) in [7, 11) is 0. The lowest BCUT2D eigenvalue weighted by Gasteiger charge is -2.19. The summed E-state index contributed by atoms with van der Waals surface area (Å²) in [5, 5.41) is 9.52. The molecule has 0 radical (unpaired) electrons. The van der Waals surface area contributed by atoms with Crippen molar-refractivity contribution in [1.82, 2.24) is 4.98 Å². The van der Waals surface area contributed by atoms with E-state index in [1.54, 1.807) is 0 Å². The van der Waals surface area contributed by atoms with Gasteiger partial charge in [0.05, 0.1) is 18.2 Å². The Morgan fingerprint density at radius 3 is 2.72 bits per heavy atom. The van der Waals surface area contributed by atoms with Crippen LogP contribution in [0.3, 0.4) is 0 Å². The van der Waals surface area contributed by atoms with Crippen LogP contribution in [0.2, 0.25) is 0 Å². The van der Waals surface area contributed by atoms with E-state index in [0.717, 1.165) is 41.2 Å². The number of carbonyl (C=O) groups is 1. The number of ether oxygens (including phenoxy) is 1. The fourth-order valence-corrected chi connectivity index (χ4v) is 4.69. The van der Waals surface area contributed by atoms with Gasteiger partial charge in [0.1, 0.15) is 11.5 Å². The third-order valence-corrected chi connectivity index (χ3v) is 6.74. The maximum atomic E-state index is 11.6. The Kier molecular flexibility index (Phi) is 6.35. The minimum absolute atomic E-state index is 0.100. The van der Waals surface area contributed by atoms with Crippen molar-refractivity contribution in [2.75, 3.05) is 6.61 Å². The van der Waals surface area contributed by atoms with Gasteiger partial charge in [0, 0.05) is 12.0 Å². The van der Waals surface area contributed by atoms with Crippen molar-refractivity contribution in [1.29, 1.82) is 0 Å². The van der Waals surface area contributed by atoms with Crippen LogP contribution < -0.4 is 4.74 Å². The second-order valence-corrected chi connectivity index (χ2v) is 8.78. The Morgan fingerprint density at radius 2 is 2.00 bits per heavy atom. The summed E-state index contributed by atoms with van der Waals surface area (Å²) in [5.41, 5.74) is 6.74. The molecule has 2 unspecified atom stereocenters. The third-order valence-electron chi connectivity index (χ3n) is 6.74. The van der Waals surface area contributed by atoms with Gasteiger partial charge in [-0.3, -0.25) is 4.79 Å². The molecule has 5 nitrogen and oxygen atoms in total. The summed E-state index contributed by atoms with van der Waals surface area (Å²) in [4.78, 5) is 16.3. The van der Waals surface area contributed by atoms with Gasteiger partial charge in [-0.2, -0.15) is 0 Å². The van der Waals surface area contributed by atoms with E-state index in [0.29, 0.717) is 25.3 Å². The van der Waals surface area contributed by atoms with E-state index in [4.69, 9.17) is 14.1 Å². The van der Waals surface area contributed by atoms with Crippen molar-refractivity contribution in [2.45, 2.75) is 59.3 Å². The average molecular weight is 434 g/mol. The zero-order valence-electron chi connectivity index (χ0n) is 19.3. The maximum Gasteiger partial charge on any atom is 0.307 e. The monoisotopic (exact) mass is 433 g/mol. The molecule has 0 bridgehead atoms. The Hall–Kier alpha value is -3.08. The van der Waals surface area contributed by atoms with E-state index in [-0.39, 0.29) is 11.8 Å². The molecular formula is C27H31NO4. The molecule has 1 heterocycles. The van der Waals surface area contributed by atoms with Crippen LogP contribution in [-0.4, -0.2) is 22.7 Å². The predicted molar refractivity (Wildman–Crippen MR) is 124 cm³/mol. The number of carboxylic acids is 1. The molecule has 3 aromatic rings. The standard InChI is InChI=1S/C27H31NO4/c1-5-22(27(29)30)24-10-8-19-15-21(9-11-23(19)24)31-13-12-25-18(4)32-26(28-25)20-7-6-16(2)17(3)14-20/h6-7,9,11,14-15,22,24H,5,8,10,12-13H2,1-4H3,(H,29,30). The first-order valence-electron chi connectivity index (χ1n) is 11.4. The number of rotatable bonds is 8. The highest BCUT2D eigenvalue weighted by atomic mass is 16.5. The molecule has 0 aliphatic heterocycles. The van der Waals surface area contributed by atoms with Crippen LogP contribution in [0.15, 0.2) is 40.8 Å². The smallest absolute Gasteiger partial charge is 0.307 e. The van der Waals surface area contributed by atoms with Crippen LogP contribution >= 0.6 is 0 Å². The Balaban J connectivity index is 1.40. The molecule has 1 N–H and O–H groups in total. The Morgan fingerprint density at radius 1 is 1.19 bits per heavy atom. The summed E-state index contributed by atoms with van der Waals surface area (Å²) in [6.45, 7) is 8.58. The summed E-state index contributed by atoms with van der Waals surface area (Å²) >= 11 is 0. The molecule has 168 valence electrons. The second-order valence-electron chi connectivity index (χ2n) is 8.78. The first kappa shape index (κ1) is 22.1. The molecule has 0 spiro atoms. The van der Waals surface area contributed by atoms with Crippen LogP contribution in [0, 0.1) is 26.7 Å². The van der Waals surface area contributed by atoms with Crippen LogP contribution in [0.5, 0.6) is 5.75 Å². The minimum Gasteiger partial charge on any atom is -0.493 e. The fourth-order valence-electron chi connectivity index (χ4n) is 4.69. The highest BCUT2D eigenvalue weighted by Gasteiger charge is 2.33. The highest BCUT2D eigenvalue weighted by Crippen LogP contribution is 2.41. The van der Waals surface area contributed by atoms with Gasteiger partial charge in [-0.1, -0.05) is 19.1 Å². The van der Waals surface area contributed by atoms with Gasteiger partial charge in [0.2, 0.25) is 5.89 Å². The molecule has 0 saturated heterocycles. The SMILES string of the molecule is CCC(C(=O)O)C1CCc2cc(OCCc3nc(-c4ccc(C)c(C)c4)oc3C)ccc21. The molecule has 0 fully saturated rings. The van der Waals surface area contributed by atoms with Gasteiger partial charge < -0.3 is 14.3 Å². The molecule has 2 aromatic carbocycles. The van der Waals surface area contributed by atoms with Crippen molar-refractivity contribution < 1.29 is 19.1 Å². The number of benzene rings is 2. The van der Waals surface area contributed by atoms with Crippen LogP contribution in [0.4, 0.5) is 0 Å². The van der Waals surface area contributed by atoms with Crippen molar-refractivity contribution >= 4 is 5.97 Å². The summed E-state index contributed by atoms with van der Waals surface area (Å²) in [5.74, 6) is 1.37. The van der Waals surface area contributed by atoms with Gasteiger partial charge >= 0.3 is 5.97 Å². The quantitative estimate of drug-likeness (QED) is 0.470. The van der Waals surface area contributed by atoms with Crippen LogP contribution in [-0.2, 0) is 17.6 Å². The number of hydrogen-bond acceptors (Lipinski definition) is 4. The largest absolute Gasteiger partial charge is 0.493 e. The lowest BCUT2D eigenvalue weighted by molar-refractivity contribution is -0.142. The summed E-state index contributed by atoms with van der Waals surface area (Å²) in [6.07, 6.45) is 3.11. The van der Waals surface area contributed by atoms with E-state index >= 15 is 0 Å². The lowest BCUT2D eigenvalue weighted by atomic mass is 9.85. The maximum absolute atomic E-state index is 11.6. The number of hydrogen-bond donors (Lipinski definition) is 1. The van der Waals surface area contributed by atoms with Crippen LogP contribution in [0.1, 0.15) is 59.4 Å². The molecule has 1 aliphatic carbocycles. The second kappa shape index (κ2) is 9.19. The van der Waals surface area contributed by atoms with E-state index in [1.807, 2.05) is 32.0 Å². The number of aromatic nitrogens is 1. The third kappa shape index (κ3) is 4.43. The molecule has 5 heteroatoms. The number of aryl methyl sites for hydroxylation is 4. The highest BCUT2D eigenvalue weighted by molar-refractivity contribution is 5.72. The zero-order chi connectivity index (χ0) is 22.8. The number of nitrogens with zero attached hydrogens (tertiary/aromatic N) is 1. The van der Waals surface area contributed by atoms with E-state index in [9.17, 15) is 9.90 Å². The fraction of sp³-hybridized carbons (Fsp3) is 0.407. The minimum atomic E-state index is -0.700. The molecule has 1 aliphatic rings.